The standard InChI is InChI=1S/C43H57N20O31P5S/c1-59-12-63(32-19(59)35(71)58-42(47)55-32)38-23(67)27(68)43(82-3,90-38)7-86-97(76,77)94-98(78,79)93-96(74,75)84-5-15-25(26(81-2)39(89-15)60-9-50-16-28(44)48-8-49-29(16)60)92-99(80,100)85-6-14-24(22(66)37(88-14)62-11-52-18-31(62)54-41(46)57-34(18)70)91-95(72,73)83-4-13-20(64)21(65)36(87-13)61-10-51-17-30(61)53-40(45)56-33(17)69/h8-15,20-27,36-39,64-68H,4-7H2,1-3H3,(H15-,44,45,46,47,48,49,53,54,55,56,57,58,69,70,71,72,73,74,75,76,77,78,79,80,100)/p+1. The molecule has 0 aromatic carbocycles. The molecule has 21 atom stereocenters. The molecule has 100 heavy (non-hydrogen) atoms. The van der Waals surface area contributed by atoms with Crippen molar-refractivity contribution in [2.24, 2.45) is 7.05 Å². The molecule has 12 rings (SSSR count). The van der Waals surface area contributed by atoms with E-state index in [4.69, 9.17) is 90.3 Å². The predicted molar refractivity (Wildman–Crippen MR) is 325 cm³/mol. The number of hydrogen-bond acceptors (Lipinski definition) is 39. The van der Waals surface area contributed by atoms with Crippen molar-refractivity contribution in [1.29, 1.82) is 0 Å². The molecule has 0 saturated carbocycles. The maximum absolute atomic E-state index is 13.9. The van der Waals surface area contributed by atoms with Crippen molar-refractivity contribution in [1.82, 2.24) is 73.1 Å². The summed E-state index contributed by atoms with van der Waals surface area (Å²) in [5, 5.41) is 56.1. The molecule has 0 aliphatic carbocycles. The fourth-order valence-corrected chi connectivity index (χ4v) is 17.2. The van der Waals surface area contributed by atoms with Gasteiger partial charge in [0.15, 0.2) is 58.8 Å². The number of fused-ring (bicyclic) bond motifs is 4. The summed E-state index contributed by atoms with van der Waals surface area (Å²) in [6, 6.07) is 0. The van der Waals surface area contributed by atoms with Crippen LogP contribution in [0.5, 0.6) is 0 Å². The van der Waals surface area contributed by atoms with Gasteiger partial charge in [-0.05, 0) is 11.8 Å². The Labute approximate surface area is 557 Å². The van der Waals surface area contributed by atoms with E-state index in [1.807, 2.05) is 0 Å². The number of nitrogens with two attached hydrogens (primary N) is 4. The number of ether oxygens (including phenoxy) is 6. The number of aliphatic hydroxyl groups excluding tert-OH is 5. The minimum atomic E-state index is -6.36. The second-order valence-corrected chi connectivity index (χ2v) is 30.9. The molecular formula is C43H58N20O31P5S+. The van der Waals surface area contributed by atoms with Gasteiger partial charge in [0.1, 0.15) is 85.6 Å². The highest BCUT2D eigenvalue weighted by molar-refractivity contribution is 8.07. The molecule has 0 spiro atoms. The lowest BCUT2D eigenvalue weighted by Gasteiger charge is -2.30. The lowest BCUT2D eigenvalue weighted by atomic mass is 10.1. The molecule has 57 heteroatoms. The smallest absolute Gasteiger partial charge is 0.387 e. The molecule has 546 valence electrons. The van der Waals surface area contributed by atoms with Gasteiger partial charge in [0.2, 0.25) is 29.4 Å². The van der Waals surface area contributed by atoms with Crippen molar-refractivity contribution in [3.8, 4) is 0 Å². The van der Waals surface area contributed by atoms with E-state index in [1.54, 1.807) is 0 Å². The third kappa shape index (κ3) is 14.2. The van der Waals surface area contributed by atoms with E-state index in [0.717, 1.165) is 53.2 Å². The number of aryl methyl sites for hydroxylation is 1. The average Bonchev–Trinajstić information content (AvgIpc) is 1.60. The first-order valence-electron chi connectivity index (χ1n) is 28.2. The number of nitrogens with zero attached hydrogens (tertiary/aromatic N) is 13. The molecule has 0 amide bonds. The second kappa shape index (κ2) is 27.2. The van der Waals surface area contributed by atoms with E-state index in [9.17, 15) is 82.6 Å². The van der Waals surface area contributed by atoms with Crippen LogP contribution in [0.4, 0.5) is 23.7 Å². The van der Waals surface area contributed by atoms with Crippen LogP contribution in [0, 0.1) is 0 Å². The first-order chi connectivity index (χ1) is 46.9. The van der Waals surface area contributed by atoms with Gasteiger partial charge in [0.05, 0.1) is 45.9 Å². The summed E-state index contributed by atoms with van der Waals surface area (Å²) in [7, 11) is -20.7. The molecule has 8 aromatic heterocycles. The van der Waals surface area contributed by atoms with Crippen LogP contribution >= 0.6 is 38.0 Å². The number of nitrogen functional groups attached to an aromatic ring is 4. The molecule has 21 unspecified atom stereocenters. The summed E-state index contributed by atoms with van der Waals surface area (Å²) in [4.78, 5) is 132. The van der Waals surface area contributed by atoms with Crippen LogP contribution in [-0.2, 0) is 101 Å². The number of aliphatic hydroxyl groups is 5. The molecule has 0 radical (unpaired) electrons. The highest BCUT2D eigenvalue weighted by Gasteiger charge is 2.60. The number of H-pyrrole nitrogens is 3. The van der Waals surface area contributed by atoms with E-state index >= 15 is 0 Å². The van der Waals surface area contributed by atoms with E-state index in [-0.39, 0.29) is 62.4 Å². The van der Waals surface area contributed by atoms with Crippen LogP contribution in [0.25, 0.3) is 44.7 Å². The molecule has 12 heterocycles. The zero-order chi connectivity index (χ0) is 72.2. The van der Waals surface area contributed by atoms with E-state index < -0.39 is 185 Å². The largest absolute Gasteiger partial charge is 0.490 e. The number of rotatable bonds is 26. The van der Waals surface area contributed by atoms with Crippen LogP contribution in [-0.4, -0.2) is 237 Å². The molecule has 4 fully saturated rings. The third-order valence-corrected chi connectivity index (χ3v) is 22.4. The molecule has 8 aromatic rings. The van der Waals surface area contributed by atoms with Crippen molar-refractivity contribution >= 4 is 118 Å². The number of imidazole rings is 4. The van der Waals surface area contributed by atoms with Crippen molar-refractivity contribution in [3.63, 3.8) is 0 Å². The molecule has 0 bridgehead atoms. The van der Waals surface area contributed by atoms with Gasteiger partial charge in [-0.1, -0.05) is 4.98 Å². The van der Waals surface area contributed by atoms with Gasteiger partial charge < -0.3 is 106 Å². The Morgan fingerprint density at radius 3 is 1.73 bits per heavy atom. The maximum Gasteiger partial charge on any atom is 0.490 e. The maximum atomic E-state index is 13.9. The summed E-state index contributed by atoms with van der Waals surface area (Å²) in [5.74, 6) is -3.90. The van der Waals surface area contributed by atoms with Gasteiger partial charge in [-0.25, -0.2) is 47.7 Å². The predicted octanol–water partition coefficient (Wildman–Crippen LogP) is -6.14. The van der Waals surface area contributed by atoms with Crippen LogP contribution in [0.2, 0.25) is 0 Å². The number of phosphoric acid groups is 4. The van der Waals surface area contributed by atoms with Crippen molar-refractivity contribution in [3.05, 3.63) is 62.7 Å². The van der Waals surface area contributed by atoms with Crippen molar-refractivity contribution < 1.29 is 137 Å². The number of methoxy groups -OCH3 is 2. The minimum Gasteiger partial charge on any atom is -0.387 e. The Hall–Kier alpha value is -6.59. The normalized spacial score (nSPS) is 31.1. The van der Waals surface area contributed by atoms with Crippen LogP contribution in [0.15, 0.2) is 46.0 Å². The molecule has 21 N–H and O–H groups in total. The first kappa shape index (κ1) is 73.2. The molecule has 4 aliphatic heterocycles. The lowest BCUT2D eigenvalue weighted by molar-refractivity contribution is -0.750. The summed E-state index contributed by atoms with van der Waals surface area (Å²) in [5.41, 5.74) is 19.5. The first-order valence-corrected chi connectivity index (χ1v) is 36.8. The monoisotopic (exact) mass is 1540 g/mol. The molecule has 51 nitrogen and oxygen atoms in total. The topological polar surface area (TPSA) is 729 Å². The summed E-state index contributed by atoms with van der Waals surface area (Å²) < 4.78 is 135. The third-order valence-electron chi connectivity index (χ3n) is 15.7. The number of phosphoric ester groups is 3. The SMILES string of the molecule is COC1C(OP(O)(=S)OCC2OC(n3cnc4c(=O)[nH]c(N)nc43)C(O)C2OP(=O)(O)OCC2OC(n3cnc4c(=O)[nH]c(N)nc43)C(O)C2O)C(COP(=O)(O)OP(=O)(O)OP(=O)(O)OCC2(OC)OC([n+]3cn(C)c4c(=O)[nH]c(N)nc43)C(O)C2O)OC1n1cnc2c(N)ncnc21. The summed E-state index contributed by atoms with van der Waals surface area (Å²) >= 11 is 5.42. The van der Waals surface area contributed by atoms with Gasteiger partial charge in [0.25, 0.3) is 22.6 Å². The molecular weight excluding hydrogens is 1480 g/mol. The van der Waals surface area contributed by atoms with Gasteiger partial charge in [-0.2, -0.15) is 18.6 Å². The van der Waals surface area contributed by atoms with Crippen molar-refractivity contribution in [2.45, 2.75) is 97.8 Å². The van der Waals surface area contributed by atoms with Gasteiger partial charge >= 0.3 is 43.7 Å². The summed E-state index contributed by atoms with van der Waals surface area (Å²) in [6.07, 6.45) is -22.2. The fourth-order valence-electron chi connectivity index (χ4n) is 11.2. The Bertz CT molecular complexity index is 4910. The Morgan fingerprint density at radius 1 is 0.590 bits per heavy atom. The van der Waals surface area contributed by atoms with Crippen LogP contribution < -0.4 is 44.2 Å². The van der Waals surface area contributed by atoms with E-state index in [1.165, 1.54) is 22.5 Å². The highest BCUT2D eigenvalue weighted by Crippen LogP contribution is 2.68. The number of anilines is 4. The number of aromatic nitrogens is 16. The highest BCUT2D eigenvalue weighted by atomic mass is 32.5. The number of nitrogens with one attached hydrogen (secondary N) is 3. The molecule has 4 aliphatic rings. The number of aromatic amines is 3. The van der Waals surface area contributed by atoms with Crippen LogP contribution in [0.1, 0.15) is 24.9 Å². The number of hydrogen-bond donors (Lipinski definition) is 17. The Morgan fingerprint density at radius 2 is 1.11 bits per heavy atom. The zero-order valence-electron chi connectivity index (χ0n) is 50.7. The lowest BCUT2D eigenvalue weighted by Crippen LogP contribution is -2.48. The fraction of sp³-hybridized carbons (Fsp3) is 0.535. The Balaban J connectivity index is 0.747. The molecule has 4 saturated heterocycles. The van der Waals surface area contributed by atoms with Crippen LogP contribution in [0.3, 0.4) is 0 Å². The Kier molecular flexibility index (Phi) is 19.9. The van der Waals surface area contributed by atoms with E-state index in [0.29, 0.717) is 0 Å². The second-order valence-electron chi connectivity index (χ2n) is 22.0. The van der Waals surface area contributed by atoms with Gasteiger partial charge in [-0.3, -0.25) is 70.2 Å². The zero-order valence-corrected chi connectivity index (χ0v) is 56.0. The van der Waals surface area contributed by atoms with E-state index in [2.05, 4.69) is 63.4 Å². The van der Waals surface area contributed by atoms with Gasteiger partial charge in [0, 0.05) is 14.2 Å². The van der Waals surface area contributed by atoms with Gasteiger partial charge in [-0.15, -0.1) is 0 Å². The van der Waals surface area contributed by atoms with Crippen molar-refractivity contribution in [2.75, 3.05) is 63.6 Å². The average molecular weight is 1540 g/mol. The summed E-state index contributed by atoms with van der Waals surface area (Å²) in [6.45, 7) is -9.86. The minimum absolute atomic E-state index is 0.000737. The quantitative estimate of drug-likeness (QED) is 0.0177.